The molecule has 100 valence electrons. The summed E-state index contributed by atoms with van der Waals surface area (Å²) in [6.07, 6.45) is 2.77. The van der Waals surface area contributed by atoms with Crippen molar-refractivity contribution in [3.8, 4) is 11.5 Å². The van der Waals surface area contributed by atoms with Gasteiger partial charge in [0.05, 0.1) is 5.56 Å². The molecule has 1 aliphatic rings. The van der Waals surface area contributed by atoms with E-state index in [-0.39, 0.29) is 10.7 Å². The van der Waals surface area contributed by atoms with E-state index in [0.29, 0.717) is 11.4 Å². The lowest BCUT2D eigenvalue weighted by Crippen LogP contribution is -1.97. The highest BCUT2D eigenvalue weighted by atomic mass is 32.1. The van der Waals surface area contributed by atoms with Crippen molar-refractivity contribution in [3.05, 3.63) is 40.1 Å². The van der Waals surface area contributed by atoms with Crippen LogP contribution < -0.4 is 0 Å². The van der Waals surface area contributed by atoms with Crippen molar-refractivity contribution in [2.75, 3.05) is 0 Å². The maximum absolute atomic E-state index is 14.0. The van der Waals surface area contributed by atoms with Crippen LogP contribution in [0.2, 0.25) is 0 Å². The Kier molecular flexibility index (Phi) is 2.47. The number of pyridine rings is 1. The molecule has 0 bridgehead atoms. The third-order valence-electron chi connectivity index (χ3n) is 3.65. The molecule has 0 saturated heterocycles. The van der Waals surface area contributed by atoms with Gasteiger partial charge in [-0.1, -0.05) is 12.1 Å². The van der Waals surface area contributed by atoms with Gasteiger partial charge in [0.2, 0.25) is 5.89 Å². The summed E-state index contributed by atoms with van der Waals surface area (Å²) in [6.45, 7) is 0. The molecular weight excluding hydrogens is 277 g/mol. The summed E-state index contributed by atoms with van der Waals surface area (Å²) in [5.41, 5.74) is 3.21. The SMILES string of the molecule is Fc1cccc2c(-c3n[nH]c(=S)o3)c3c(nc12)CCC3. The molecule has 0 atom stereocenters. The molecule has 4 rings (SSSR count). The number of nitrogens with zero attached hydrogens (tertiary/aromatic N) is 2. The van der Waals surface area contributed by atoms with Crippen LogP contribution >= 0.6 is 12.2 Å². The van der Waals surface area contributed by atoms with Crippen LogP contribution in [-0.4, -0.2) is 15.2 Å². The van der Waals surface area contributed by atoms with Crippen LogP contribution in [0.3, 0.4) is 0 Å². The molecule has 0 fully saturated rings. The first-order valence-electron chi connectivity index (χ1n) is 6.40. The van der Waals surface area contributed by atoms with Crippen LogP contribution in [0.4, 0.5) is 4.39 Å². The van der Waals surface area contributed by atoms with Crippen LogP contribution in [0.1, 0.15) is 17.7 Å². The summed E-state index contributed by atoms with van der Waals surface area (Å²) in [6, 6.07) is 4.93. The molecule has 6 heteroatoms. The zero-order valence-electron chi connectivity index (χ0n) is 10.4. The molecule has 0 aliphatic heterocycles. The first kappa shape index (κ1) is 11.7. The zero-order chi connectivity index (χ0) is 13.7. The molecule has 20 heavy (non-hydrogen) atoms. The highest BCUT2D eigenvalue weighted by Crippen LogP contribution is 2.36. The number of aromatic amines is 1. The number of halogens is 1. The third-order valence-corrected chi connectivity index (χ3v) is 3.82. The number of nitrogens with one attached hydrogen (secondary N) is 1. The van der Waals surface area contributed by atoms with Gasteiger partial charge in [-0.05, 0) is 43.1 Å². The summed E-state index contributed by atoms with van der Waals surface area (Å²) in [7, 11) is 0. The lowest BCUT2D eigenvalue weighted by molar-refractivity contribution is 0.552. The van der Waals surface area contributed by atoms with Crippen molar-refractivity contribution in [2.24, 2.45) is 0 Å². The number of hydrogen-bond donors (Lipinski definition) is 1. The minimum absolute atomic E-state index is 0.216. The zero-order valence-corrected chi connectivity index (χ0v) is 11.3. The fraction of sp³-hybridized carbons (Fsp3) is 0.214. The Balaban J connectivity index is 2.17. The van der Waals surface area contributed by atoms with Crippen LogP contribution in [0.15, 0.2) is 22.6 Å². The lowest BCUT2D eigenvalue weighted by atomic mass is 10.0. The van der Waals surface area contributed by atoms with Crippen LogP contribution in [-0.2, 0) is 12.8 Å². The highest BCUT2D eigenvalue weighted by molar-refractivity contribution is 7.71. The first-order valence-corrected chi connectivity index (χ1v) is 6.81. The molecule has 0 spiro atoms. The molecule has 2 heterocycles. The van der Waals surface area contributed by atoms with E-state index in [9.17, 15) is 4.39 Å². The Bertz CT molecular complexity index is 884. The highest BCUT2D eigenvalue weighted by Gasteiger charge is 2.24. The van der Waals surface area contributed by atoms with Crippen molar-refractivity contribution < 1.29 is 8.81 Å². The predicted molar refractivity (Wildman–Crippen MR) is 74.4 cm³/mol. The maximum atomic E-state index is 14.0. The quantitative estimate of drug-likeness (QED) is 0.695. The van der Waals surface area contributed by atoms with Crippen molar-refractivity contribution in [1.29, 1.82) is 0 Å². The van der Waals surface area contributed by atoms with Gasteiger partial charge in [0.15, 0.2) is 0 Å². The van der Waals surface area contributed by atoms with Gasteiger partial charge in [-0.3, -0.25) is 0 Å². The maximum Gasteiger partial charge on any atom is 0.284 e. The van der Waals surface area contributed by atoms with E-state index in [1.807, 2.05) is 6.07 Å². The monoisotopic (exact) mass is 287 g/mol. The molecular formula is C14H10FN3OS. The van der Waals surface area contributed by atoms with Gasteiger partial charge in [-0.2, -0.15) is 0 Å². The summed E-state index contributed by atoms with van der Waals surface area (Å²) >= 11 is 4.93. The van der Waals surface area contributed by atoms with E-state index >= 15 is 0 Å². The number of rotatable bonds is 1. The number of fused-ring (bicyclic) bond motifs is 2. The number of H-pyrrole nitrogens is 1. The van der Waals surface area contributed by atoms with Gasteiger partial charge >= 0.3 is 0 Å². The minimum Gasteiger partial charge on any atom is -0.409 e. The lowest BCUT2D eigenvalue weighted by Gasteiger charge is -2.09. The van der Waals surface area contributed by atoms with Crippen molar-refractivity contribution in [3.63, 3.8) is 0 Å². The van der Waals surface area contributed by atoms with Crippen molar-refractivity contribution in [1.82, 2.24) is 15.2 Å². The fourth-order valence-electron chi connectivity index (χ4n) is 2.83. The van der Waals surface area contributed by atoms with E-state index in [0.717, 1.165) is 41.5 Å². The first-order chi connectivity index (χ1) is 9.74. The summed E-state index contributed by atoms with van der Waals surface area (Å²) < 4.78 is 19.5. The largest absolute Gasteiger partial charge is 0.409 e. The Labute approximate surface area is 118 Å². The molecule has 2 aromatic heterocycles. The Morgan fingerprint density at radius 3 is 3.00 bits per heavy atom. The topological polar surface area (TPSA) is 54.7 Å². The number of aryl methyl sites for hydroxylation is 1. The van der Waals surface area contributed by atoms with Crippen LogP contribution in [0.5, 0.6) is 0 Å². The normalized spacial score (nSPS) is 13.8. The number of para-hydroxylation sites is 1. The third kappa shape index (κ3) is 1.61. The van der Waals surface area contributed by atoms with Crippen molar-refractivity contribution in [2.45, 2.75) is 19.3 Å². The number of hydrogen-bond acceptors (Lipinski definition) is 4. The van der Waals surface area contributed by atoms with E-state index < -0.39 is 0 Å². The number of benzene rings is 1. The predicted octanol–water partition coefficient (Wildman–Crippen LogP) is 3.58. The second-order valence-electron chi connectivity index (χ2n) is 4.82. The molecule has 1 aliphatic carbocycles. The minimum atomic E-state index is -0.326. The van der Waals surface area contributed by atoms with Gasteiger partial charge in [0.25, 0.3) is 4.84 Å². The molecule has 0 amide bonds. The molecule has 0 radical (unpaired) electrons. The van der Waals surface area contributed by atoms with Gasteiger partial charge < -0.3 is 4.42 Å². The van der Waals surface area contributed by atoms with E-state index in [1.165, 1.54) is 6.07 Å². The van der Waals surface area contributed by atoms with Gasteiger partial charge in [0.1, 0.15) is 11.3 Å². The molecule has 3 aromatic rings. The number of aromatic nitrogens is 3. The van der Waals surface area contributed by atoms with Crippen molar-refractivity contribution >= 4 is 23.1 Å². The summed E-state index contributed by atoms with van der Waals surface area (Å²) in [4.78, 5) is 4.68. The summed E-state index contributed by atoms with van der Waals surface area (Å²) in [5, 5.41) is 7.44. The van der Waals surface area contributed by atoms with Gasteiger partial charge in [-0.15, -0.1) is 5.10 Å². The second-order valence-corrected chi connectivity index (χ2v) is 5.19. The molecule has 0 unspecified atom stereocenters. The fourth-order valence-corrected chi connectivity index (χ4v) is 2.95. The Morgan fingerprint density at radius 1 is 1.30 bits per heavy atom. The van der Waals surface area contributed by atoms with E-state index in [4.69, 9.17) is 16.6 Å². The molecule has 4 nitrogen and oxygen atoms in total. The second kappa shape index (κ2) is 4.21. The molecule has 0 saturated carbocycles. The van der Waals surface area contributed by atoms with E-state index in [2.05, 4.69) is 15.2 Å². The average Bonchev–Trinajstić information content (AvgIpc) is 3.05. The average molecular weight is 287 g/mol. The van der Waals surface area contributed by atoms with Gasteiger partial charge in [0, 0.05) is 11.1 Å². The molecule has 1 aromatic carbocycles. The Morgan fingerprint density at radius 2 is 2.20 bits per heavy atom. The summed E-state index contributed by atoms with van der Waals surface area (Å²) in [5.74, 6) is 0.0822. The van der Waals surface area contributed by atoms with Crippen LogP contribution in [0.25, 0.3) is 22.4 Å². The standard InChI is InChI=1S/C14H10FN3OS/c15-9-5-1-4-8-11(13-17-18-14(20)19-13)7-3-2-6-10(7)16-12(8)9/h1,4-5H,2-3,6H2,(H,18,20). The van der Waals surface area contributed by atoms with Gasteiger partial charge in [-0.25, -0.2) is 14.5 Å². The van der Waals surface area contributed by atoms with Crippen LogP contribution in [0, 0.1) is 10.7 Å². The molecule has 1 N–H and O–H groups in total. The van der Waals surface area contributed by atoms with E-state index in [1.54, 1.807) is 6.07 Å². The Hall–Kier alpha value is -2.08. The smallest absolute Gasteiger partial charge is 0.284 e.